The first-order valence-electron chi connectivity index (χ1n) is 8.09. The second kappa shape index (κ2) is 7.33. The molecule has 5 nitrogen and oxygen atoms in total. The lowest BCUT2D eigenvalue weighted by Crippen LogP contribution is -3.11. The molecule has 23 heavy (non-hydrogen) atoms. The number of furan rings is 1. The molecule has 5 heteroatoms. The van der Waals surface area contributed by atoms with Crippen molar-refractivity contribution in [1.82, 2.24) is 5.32 Å². The van der Waals surface area contributed by atoms with Gasteiger partial charge in [-0.3, -0.25) is 4.79 Å². The lowest BCUT2D eigenvalue weighted by atomic mass is 10.1. The standard InChI is InChI=1S/C18H22N2O3/c1-22-16-8-3-2-7-14(16)18(21)19-13-15(17-9-6-12-23-17)20-10-4-5-11-20/h2-3,6-9,12,15H,4-5,10-11,13H2,1H3,(H,19,21)/p+1/t15-/m1/s1. The smallest absolute Gasteiger partial charge is 0.255 e. The molecule has 122 valence electrons. The molecule has 0 radical (unpaired) electrons. The molecule has 2 N–H and O–H groups in total. The van der Waals surface area contributed by atoms with E-state index in [0.717, 1.165) is 18.8 Å². The number of quaternary nitrogens is 1. The number of hydrogen-bond acceptors (Lipinski definition) is 3. The maximum absolute atomic E-state index is 12.5. The molecule has 0 unspecified atom stereocenters. The normalized spacial score (nSPS) is 16.2. The van der Waals surface area contributed by atoms with E-state index in [4.69, 9.17) is 9.15 Å². The number of amides is 1. The summed E-state index contributed by atoms with van der Waals surface area (Å²) in [7, 11) is 1.58. The van der Waals surface area contributed by atoms with Crippen LogP contribution in [0.4, 0.5) is 0 Å². The van der Waals surface area contributed by atoms with Gasteiger partial charge in [0.1, 0.15) is 5.75 Å². The summed E-state index contributed by atoms with van der Waals surface area (Å²) in [5.74, 6) is 1.41. The molecule has 3 rings (SSSR count). The van der Waals surface area contributed by atoms with Gasteiger partial charge in [0.05, 0.1) is 38.6 Å². The van der Waals surface area contributed by atoms with Crippen molar-refractivity contribution >= 4 is 5.91 Å². The molecular formula is C18H23N2O3+. The molecule has 2 aromatic rings. The van der Waals surface area contributed by atoms with Crippen molar-refractivity contribution in [2.24, 2.45) is 0 Å². The van der Waals surface area contributed by atoms with E-state index in [1.807, 2.05) is 24.3 Å². The number of likely N-dealkylation sites (tertiary alicyclic amines) is 1. The third kappa shape index (κ3) is 3.56. The van der Waals surface area contributed by atoms with E-state index < -0.39 is 0 Å². The van der Waals surface area contributed by atoms with Gasteiger partial charge in [-0.2, -0.15) is 0 Å². The summed E-state index contributed by atoms with van der Waals surface area (Å²) in [5.41, 5.74) is 0.560. The first-order valence-corrected chi connectivity index (χ1v) is 8.09. The minimum atomic E-state index is -0.113. The van der Waals surface area contributed by atoms with Crippen LogP contribution in [-0.2, 0) is 0 Å². The Balaban J connectivity index is 1.70. The van der Waals surface area contributed by atoms with Crippen LogP contribution in [0.5, 0.6) is 5.75 Å². The van der Waals surface area contributed by atoms with Crippen LogP contribution in [0.15, 0.2) is 47.1 Å². The largest absolute Gasteiger partial charge is 0.496 e. The molecule has 1 aromatic heterocycles. The lowest BCUT2D eigenvalue weighted by Gasteiger charge is -2.23. The van der Waals surface area contributed by atoms with Crippen LogP contribution in [0, 0.1) is 0 Å². The second-order valence-corrected chi connectivity index (χ2v) is 5.84. The number of methoxy groups -OCH3 is 1. The fraction of sp³-hybridized carbons (Fsp3) is 0.389. The molecule has 0 spiro atoms. The van der Waals surface area contributed by atoms with Gasteiger partial charge in [0.25, 0.3) is 5.91 Å². The minimum absolute atomic E-state index is 0.113. The van der Waals surface area contributed by atoms with Crippen LogP contribution in [-0.4, -0.2) is 32.7 Å². The molecule has 2 heterocycles. The van der Waals surface area contributed by atoms with Gasteiger partial charge in [-0.15, -0.1) is 0 Å². The number of ether oxygens (including phenoxy) is 1. The molecule has 0 aliphatic carbocycles. The third-order valence-electron chi connectivity index (χ3n) is 4.44. The van der Waals surface area contributed by atoms with Crippen LogP contribution < -0.4 is 15.0 Å². The van der Waals surface area contributed by atoms with E-state index in [0.29, 0.717) is 17.9 Å². The molecular weight excluding hydrogens is 292 g/mol. The fourth-order valence-corrected chi connectivity index (χ4v) is 3.24. The topological polar surface area (TPSA) is 55.9 Å². The highest BCUT2D eigenvalue weighted by molar-refractivity contribution is 5.96. The zero-order valence-corrected chi connectivity index (χ0v) is 13.4. The fourth-order valence-electron chi connectivity index (χ4n) is 3.24. The average Bonchev–Trinajstić information content (AvgIpc) is 3.29. The maximum Gasteiger partial charge on any atom is 0.255 e. The molecule has 1 atom stereocenters. The predicted molar refractivity (Wildman–Crippen MR) is 86.7 cm³/mol. The first kappa shape index (κ1) is 15.6. The summed E-state index contributed by atoms with van der Waals surface area (Å²) in [6.07, 6.45) is 4.15. The second-order valence-electron chi connectivity index (χ2n) is 5.84. The number of nitrogens with one attached hydrogen (secondary N) is 2. The Hall–Kier alpha value is -2.27. The molecule has 1 fully saturated rings. The predicted octanol–water partition coefficient (Wildman–Crippen LogP) is 1.44. The van der Waals surface area contributed by atoms with E-state index in [-0.39, 0.29) is 11.9 Å². The Morgan fingerprint density at radius 1 is 1.26 bits per heavy atom. The minimum Gasteiger partial charge on any atom is -0.496 e. The van der Waals surface area contributed by atoms with Crippen molar-refractivity contribution in [1.29, 1.82) is 0 Å². The quantitative estimate of drug-likeness (QED) is 0.848. The van der Waals surface area contributed by atoms with Crippen molar-refractivity contribution < 1.29 is 18.8 Å². The van der Waals surface area contributed by atoms with Gasteiger partial charge in [-0.1, -0.05) is 12.1 Å². The maximum atomic E-state index is 12.5. The number of carbonyl (C=O) groups is 1. The van der Waals surface area contributed by atoms with E-state index in [9.17, 15) is 4.79 Å². The Kier molecular flexibility index (Phi) is 4.98. The van der Waals surface area contributed by atoms with E-state index in [1.165, 1.54) is 17.7 Å². The van der Waals surface area contributed by atoms with Crippen LogP contribution in [0.25, 0.3) is 0 Å². The van der Waals surface area contributed by atoms with Crippen molar-refractivity contribution in [3.8, 4) is 5.75 Å². The monoisotopic (exact) mass is 315 g/mol. The third-order valence-corrected chi connectivity index (χ3v) is 4.44. The number of benzene rings is 1. The van der Waals surface area contributed by atoms with E-state index in [1.54, 1.807) is 25.5 Å². The van der Waals surface area contributed by atoms with Crippen molar-refractivity contribution in [2.45, 2.75) is 18.9 Å². The van der Waals surface area contributed by atoms with Gasteiger partial charge in [0, 0.05) is 12.8 Å². The Morgan fingerprint density at radius 3 is 2.74 bits per heavy atom. The number of para-hydroxylation sites is 1. The summed E-state index contributed by atoms with van der Waals surface area (Å²) in [4.78, 5) is 14.0. The van der Waals surface area contributed by atoms with Crippen molar-refractivity contribution in [2.75, 3.05) is 26.7 Å². The molecule has 1 saturated heterocycles. The molecule has 1 aromatic carbocycles. The van der Waals surface area contributed by atoms with Crippen LogP contribution in [0.1, 0.15) is 35.0 Å². The van der Waals surface area contributed by atoms with E-state index >= 15 is 0 Å². The van der Waals surface area contributed by atoms with Gasteiger partial charge < -0.3 is 19.4 Å². The summed E-state index contributed by atoms with van der Waals surface area (Å²) in [6.45, 7) is 2.80. The Labute approximate surface area is 136 Å². The SMILES string of the molecule is COc1ccccc1C(=O)NC[C@H](c1ccco1)[NH+]1CCCC1. The van der Waals surface area contributed by atoms with Gasteiger partial charge >= 0.3 is 0 Å². The number of hydrogen-bond donors (Lipinski definition) is 2. The zero-order chi connectivity index (χ0) is 16.1. The summed E-state index contributed by atoms with van der Waals surface area (Å²) in [5, 5.41) is 3.04. The van der Waals surface area contributed by atoms with Crippen LogP contribution in [0.2, 0.25) is 0 Å². The van der Waals surface area contributed by atoms with Crippen molar-refractivity contribution in [3.63, 3.8) is 0 Å². The van der Waals surface area contributed by atoms with Crippen molar-refractivity contribution in [3.05, 3.63) is 54.0 Å². The van der Waals surface area contributed by atoms with Gasteiger partial charge in [0.15, 0.2) is 11.8 Å². The first-order chi connectivity index (χ1) is 11.3. The molecule has 1 aliphatic rings. The molecule has 0 bridgehead atoms. The summed E-state index contributed by atoms with van der Waals surface area (Å²) < 4.78 is 10.9. The van der Waals surface area contributed by atoms with Crippen LogP contribution >= 0.6 is 0 Å². The lowest BCUT2D eigenvalue weighted by molar-refractivity contribution is -0.919. The molecule has 1 aliphatic heterocycles. The highest BCUT2D eigenvalue weighted by Gasteiger charge is 2.30. The van der Waals surface area contributed by atoms with E-state index in [2.05, 4.69) is 5.32 Å². The highest BCUT2D eigenvalue weighted by atomic mass is 16.5. The van der Waals surface area contributed by atoms with Crippen LogP contribution in [0.3, 0.4) is 0 Å². The van der Waals surface area contributed by atoms with Gasteiger partial charge in [-0.25, -0.2) is 0 Å². The van der Waals surface area contributed by atoms with Gasteiger partial charge in [0.2, 0.25) is 0 Å². The zero-order valence-electron chi connectivity index (χ0n) is 13.4. The number of rotatable bonds is 6. The summed E-state index contributed by atoms with van der Waals surface area (Å²) >= 11 is 0. The molecule has 1 amide bonds. The number of carbonyl (C=O) groups excluding carboxylic acids is 1. The Morgan fingerprint density at radius 2 is 2.04 bits per heavy atom. The highest BCUT2D eigenvalue weighted by Crippen LogP contribution is 2.17. The van der Waals surface area contributed by atoms with Gasteiger partial charge in [-0.05, 0) is 24.3 Å². The molecule has 0 saturated carbocycles. The Bertz CT molecular complexity index is 633. The summed E-state index contributed by atoms with van der Waals surface area (Å²) in [6, 6.07) is 11.3. The average molecular weight is 315 g/mol.